The molecule has 26 heavy (non-hydrogen) atoms. The maximum Gasteiger partial charge on any atom is 0.240 e. The Morgan fingerprint density at radius 3 is 2.73 bits per heavy atom. The number of halogens is 1. The summed E-state index contributed by atoms with van der Waals surface area (Å²) < 4.78 is 25.3. The summed E-state index contributed by atoms with van der Waals surface area (Å²) in [6.45, 7) is 1.88. The number of carbonyl (C=O) groups excluding carboxylic acids is 1. The molecule has 2 aromatic rings. The number of aryl methyl sites for hydroxylation is 1. The molecule has 0 bridgehead atoms. The summed E-state index contributed by atoms with van der Waals surface area (Å²) in [5.41, 5.74) is 1.12. The van der Waals surface area contributed by atoms with E-state index in [1.54, 1.807) is 31.3 Å². The predicted molar refractivity (Wildman–Crippen MR) is 106 cm³/mol. The van der Waals surface area contributed by atoms with Crippen molar-refractivity contribution in [3.8, 4) is 0 Å². The zero-order valence-corrected chi connectivity index (χ0v) is 16.9. The van der Waals surface area contributed by atoms with Gasteiger partial charge in [-0.1, -0.05) is 23.7 Å². The number of amides is 1. The molecule has 0 radical (unpaired) electrons. The quantitative estimate of drug-likeness (QED) is 0.531. The van der Waals surface area contributed by atoms with Crippen molar-refractivity contribution in [1.29, 1.82) is 0 Å². The van der Waals surface area contributed by atoms with E-state index >= 15 is 0 Å². The molecule has 1 heterocycles. The largest absolute Gasteiger partial charge is 0.354 e. The van der Waals surface area contributed by atoms with Crippen LogP contribution in [0.15, 0.2) is 47.6 Å². The van der Waals surface area contributed by atoms with E-state index in [4.69, 9.17) is 11.6 Å². The molecule has 9 heteroatoms. The van der Waals surface area contributed by atoms with E-state index in [0.29, 0.717) is 23.0 Å². The molecule has 6 nitrogen and oxygen atoms in total. The minimum atomic E-state index is -3.63. The SMILES string of the molecule is Cc1ccc(Cl)cc1N(CC(=O)NCCSc1ccccn1)S(C)(=O)=O. The number of nitrogens with one attached hydrogen (secondary N) is 1. The third-order valence-corrected chi connectivity index (χ3v) is 5.75. The smallest absolute Gasteiger partial charge is 0.240 e. The summed E-state index contributed by atoms with van der Waals surface area (Å²) in [5, 5.41) is 4.01. The summed E-state index contributed by atoms with van der Waals surface area (Å²) in [6.07, 6.45) is 2.77. The number of hydrogen-bond acceptors (Lipinski definition) is 5. The fourth-order valence-electron chi connectivity index (χ4n) is 2.20. The first-order valence-electron chi connectivity index (χ1n) is 7.82. The average Bonchev–Trinajstić information content (AvgIpc) is 2.59. The van der Waals surface area contributed by atoms with Gasteiger partial charge in [0.05, 0.1) is 17.0 Å². The van der Waals surface area contributed by atoms with Crippen LogP contribution in [0.25, 0.3) is 0 Å². The van der Waals surface area contributed by atoms with E-state index in [0.717, 1.165) is 21.2 Å². The van der Waals surface area contributed by atoms with Gasteiger partial charge in [0.25, 0.3) is 0 Å². The predicted octanol–water partition coefficient (Wildman–Crippen LogP) is 2.72. The zero-order chi connectivity index (χ0) is 19.2. The van der Waals surface area contributed by atoms with Crippen LogP contribution in [-0.4, -0.2) is 44.4 Å². The fourth-order valence-corrected chi connectivity index (χ4v) is 3.99. The van der Waals surface area contributed by atoms with Crippen molar-refractivity contribution in [2.75, 3.05) is 29.4 Å². The van der Waals surface area contributed by atoms with Crippen molar-refractivity contribution in [2.24, 2.45) is 0 Å². The third-order valence-electron chi connectivity index (χ3n) is 3.44. The summed E-state index contributed by atoms with van der Waals surface area (Å²) in [4.78, 5) is 16.4. The number of anilines is 1. The molecule has 0 saturated carbocycles. The van der Waals surface area contributed by atoms with E-state index < -0.39 is 10.0 Å². The van der Waals surface area contributed by atoms with Crippen LogP contribution in [0.2, 0.25) is 5.02 Å². The Hall–Kier alpha value is -1.77. The third kappa shape index (κ3) is 6.19. The van der Waals surface area contributed by atoms with Crippen LogP contribution in [-0.2, 0) is 14.8 Å². The van der Waals surface area contributed by atoms with Gasteiger partial charge in [0.1, 0.15) is 6.54 Å². The second kappa shape index (κ2) is 9.25. The van der Waals surface area contributed by atoms with Gasteiger partial charge in [0.2, 0.25) is 15.9 Å². The molecule has 1 N–H and O–H groups in total. The summed E-state index contributed by atoms with van der Waals surface area (Å²) in [5.74, 6) is 0.258. The molecule has 1 aromatic heterocycles. The average molecular weight is 414 g/mol. The molecule has 0 fully saturated rings. The summed E-state index contributed by atoms with van der Waals surface area (Å²) in [6, 6.07) is 10.6. The first-order chi connectivity index (χ1) is 12.3. The van der Waals surface area contributed by atoms with Crippen LogP contribution in [0.5, 0.6) is 0 Å². The van der Waals surface area contributed by atoms with Crippen LogP contribution >= 0.6 is 23.4 Å². The Labute approximate surface area is 163 Å². The molecule has 0 atom stereocenters. The number of benzene rings is 1. The highest BCUT2D eigenvalue weighted by Crippen LogP contribution is 2.26. The molecule has 1 aromatic carbocycles. The van der Waals surface area contributed by atoms with Gasteiger partial charge in [-0.05, 0) is 36.8 Å². The lowest BCUT2D eigenvalue weighted by Gasteiger charge is -2.23. The Morgan fingerprint density at radius 1 is 1.31 bits per heavy atom. The number of aromatic nitrogens is 1. The monoisotopic (exact) mass is 413 g/mol. The second-order valence-electron chi connectivity index (χ2n) is 5.57. The minimum absolute atomic E-state index is 0.297. The number of thioether (sulfide) groups is 1. The fraction of sp³-hybridized carbons (Fsp3) is 0.294. The molecule has 0 aliphatic carbocycles. The van der Waals surface area contributed by atoms with Crippen molar-refractivity contribution in [3.63, 3.8) is 0 Å². The van der Waals surface area contributed by atoms with Gasteiger partial charge in [0.15, 0.2) is 0 Å². The lowest BCUT2D eigenvalue weighted by atomic mass is 10.2. The topological polar surface area (TPSA) is 79.4 Å². The van der Waals surface area contributed by atoms with Crippen molar-refractivity contribution in [3.05, 3.63) is 53.2 Å². The Kier molecular flexibility index (Phi) is 7.31. The van der Waals surface area contributed by atoms with Crippen LogP contribution in [0.3, 0.4) is 0 Å². The zero-order valence-electron chi connectivity index (χ0n) is 14.5. The van der Waals surface area contributed by atoms with Crippen LogP contribution in [0.1, 0.15) is 5.56 Å². The number of pyridine rings is 1. The first-order valence-corrected chi connectivity index (χ1v) is 11.0. The number of rotatable bonds is 8. The molecule has 0 unspecified atom stereocenters. The van der Waals surface area contributed by atoms with Crippen molar-refractivity contribution >= 4 is 45.0 Å². The van der Waals surface area contributed by atoms with Gasteiger partial charge in [-0.3, -0.25) is 9.10 Å². The Bertz CT molecular complexity index is 861. The van der Waals surface area contributed by atoms with Crippen molar-refractivity contribution in [1.82, 2.24) is 10.3 Å². The normalized spacial score (nSPS) is 11.2. The molecule has 0 saturated heterocycles. The highest BCUT2D eigenvalue weighted by atomic mass is 35.5. The number of sulfonamides is 1. The van der Waals surface area contributed by atoms with Crippen molar-refractivity contribution in [2.45, 2.75) is 11.9 Å². The van der Waals surface area contributed by atoms with Crippen molar-refractivity contribution < 1.29 is 13.2 Å². The second-order valence-corrected chi connectivity index (χ2v) is 9.03. The van der Waals surface area contributed by atoms with Crippen LogP contribution < -0.4 is 9.62 Å². The van der Waals surface area contributed by atoms with Crippen LogP contribution in [0.4, 0.5) is 5.69 Å². The summed E-state index contributed by atoms with van der Waals surface area (Å²) >= 11 is 7.49. The molecular formula is C17H20ClN3O3S2. The lowest BCUT2D eigenvalue weighted by molar-refractivity contribution is -0.119. The molecule has 2 rings (SSSR count). The van der Waals surface area contributed by atoms with Gasteiger partial charge < -0.3 is 5.32 Å². The summed E-state index contributed by atoms with van der Waals surface area (Å²) in [7, 11) is -3.63. The molecule has 0 spiro atoms. The number of hydrogen-bond donors (Lipinski definition) is 1. The van der Waals surface area contributed by atoms with E-state index in [1.165, 1.54) is 11.8 Å². The van der Waals surface area contributed by atoms with Gasteiger partial charge in [-0.15, -0.1) is 11.8 Å². The number of nitrogens with zero attached hydrogens (tertiary/aromatic N) is 2. The highest BCUT2D eigenvalue weighted by Gasteiger charge is 2.22. The Morgan fingerprint density at radius 2 is 2.08 bits per heavy atom. The molecule has 1 amide bonds. The lowest BCUT2D eigenvalue weighted by Crippen LogP contribution is -2.41. The van der Waals surface area contributed by atoms with Crippen LogP contribution in [0, 0.1) is 6.92 Å². The molecule has 0 aliphatic rings. The molecule has 140 valence electrons. The standard InChI is InChI=1S/C17H20ClN3O3S2/c1-13-6-7-14(18)11-15(13)21(26(2,23)24)12-16(22)19-9-10-25-17-5-3-4-8-20-17/h3-8,11H,9-10,12H2,1-2H3,(H,19,22). The number of carbonyl (C=O) groups is 1. The van der Waals surface area contributed by atoms with E-state index in [2.05, 4.69) is 10.3 Å². The van der Waals surface area contributed by atoms with E-state index in [-0.39, 0.29) is 12.5 Å². The van der Waals surface area contributed by atoms with Gasteiger partial charge in [-0.25, -0.2) is 13.4 Å². The van der Waals surface area contributed by atoms with Gasteiger partial charge in [-0.2, -0.15) is 0 Å². The maximum absolute atomic E-state index is 12.2. The first kappa shape index (κ1) is 20.5. The maximum atomic E-state index is 12.2. The van der Waals surface area contributed by atoms with Gasteiger partial charge >= 0.3 is 0 Å². The highest BCUT2D eigenvalue weighted by molar-refractivity contribution is 7.99. The van der Waals surface area contributed by atoms with Gasteiger partial charge in [0, 0.05) is 23.5 Å². The Balaban J connectivity index is 1.96. The van der Waals surface area contributed by atoms with E-state index in [9.17, 15) is 13.2 Å². The van der Waals surface area contributed by atoms with E-state index in [1.807, 2.05) is 18.2 Å². The molecular weight excluding hydrogens is 394 g/mol. The minimum Gasteiger partial charge on any atom is -0.354 e. The molecule has 0 aliphatic heterocycles.